The smallest absolute Gasteiger partial charge is 0.330 e. The lowest BCUT2D eigenvalue weighted by Gasteiger charge is -2.70. The fraction of sp³-hybridized carbons (Fsp3) is 0.773. The van der Waals surface area contributed by atoms with E-state index in [1.165, 1.54) is 33.9 Å². The molecule has 10 rings (SSSR count). The van der Waals surface area contributed by atoms with Crippen molar-refractivity contribution in [3.8, 4) is 0 Å². The van der Waals surface area contributed by atoms with E-state index in [4.69, 9.17) is 14.2 Å². The van der Waals surface area contributed by atoms with Crippen LogP contribution in [0.3, 0.4) is 0 Å². The molecule has 6 saturated carbocycles. The van der Waals surface area contributed by atoms with E-state index in [1.807, 2.05) is 20.8 Å². The van der Waals surface area contributed by atoms with Crippen molar-refractivity contribution in [3.05, 3.63) is 68.0 Å². The number of unbranched alkanes of at least 4 members (excludes halogenated alkanes) is 2. The van der Waals surface area contributed by atoms with E-state index in [-0.39, 0.29) is 77.4 Å². The van der Waals surface area contributed by atoms with Gasteiger partial charge in [0.25, 0.3) is 5.56 Å². The van der Waals surface area contributed by atoms with E-state index < -0.39 is 93.0 Å². The molecule has 9 aliphatic carbocycles. The Labute approximate surface area is 479 Å². The molecule has 1 aromatic heterocycles. The molecule has 1 heterocycles. The van der Waals surface area contributed by atoms with Crippen LogP contribution in [-0.2, 0) is 51.3 Å². The molecule has 0 unspecified atom stereocenters. The normalized spacial score (nSPS) is 43.3. The number of Topliss-reactive ketones (excluding diaryl/α,β-unsaturated/α-hetero) is 1. The minimum atomic E-state index is -2.03. The molecule has 3 N–H and O–H groups in total. The third kappa shape index (κ3) is 8.55. The predicted molar refractivity (Wildman–Crippen MR) is 304 cm³/mol. The van der Waals surface area contributed by atoms with E-state index in [2.05, 4.69) is 54.5 Å². The van der Waals surface area contributed by atoms with Crippen LogP contribution in [0, 0.1) is 85.2 Å². The monoisotopic (exact) mass is 1120 g/mol. The van der Waals surface area contributed by atoms with Crippen molar-refractivity contribution in [2.24, 2.45) is 85.2 Å². The summed E-state index contributed by atoms with van der Waals surface area (Å²) in [6.45, 7) is 27.3. The first-order valence-corrected chi connectivity index (χ1v) is 30.8. The van der Waals surface area contributed by atoms with E-state index in [0.717, 1.165) is 44.9 Å². The van der Waals surface area contributed by atoms with Crippen LogP contribution < -0.4 is 11.2 Å². The summed E-state index contributed by atoms with van der Waals surface area (Å²) in [5.74, 6) is -3.89. The molecule has 17 atom stereocenters. The van der Waals surface area contributed by atoms with Crippen molar-refractivity contribution in [1.82, 2.24) is 9.13 Å². The lowest BCUT2D eigenvalue weighted by Crippen LogP contribution is -2.66. The Morgan fingerprint density at radius 2 is 1.52 bits per heavy atom. The first-order valence-electron chi connectivity index (χ1n) is 30.8. The van der Waals surface area contributed by atoms with Gasteiger partial charge < -0.3 is 34.1 Å². The fourth-order valence-electron chi connectivity index (χ4n) is 20.0. The summed E-state index contributed by atoms with van der Waals surface area (Å²) in [7, 11) is 0. The Morgan fingerprint density at radius 3 is 2.21 bits per heavy atom. The summed E-state index contributed by atoms with van der Waals surface area (Å²) in [5, 5.41) is 35.3. The molecule has 0 spiro atoms. The second-order valence-corrected chi connectivity index (χ2v) is 30.0. The first kappa shape index (κ1) is 59.7. The summed E-state index contributed by atoms with van der Waals surface area (Å²) in [5.41, 5.74) is -5.96. The number of ketones is 2. The van der Waals surface area contributed by atoms with Crippen LogP contribution in [0.1, 0.15) is 186 Å². The number of carbonyl (C=O) groups is 5. The Morgan fingerprint density at radius 1 is 0.827 bits per heavy atom. The second kappa shape index (κ2) is 19.8. The zero-order valence-corrected chi connectivity index (χ0v) is 50.8. The number of ether oxygens (including phenoxy) is 3. The number of rotatable bonds is 14. The van der Waals surface area contributed by atoms with Gasteiger partial charge in [0.1, 0.15) is 11.7 Å². The molecule has 1 aromatic rings. The van der Waals surface area contributed by atoms with Crippen LogP contribution >= 0.6 is 0 Å². The van der Waals surface area contributed by atoms with Gasteiger partial charge in [-0.1, -0.05) is 87.0 Å². The van der Waals surface area contributed by atoms with Crippen molar-refractivity contribution < 1.29 is 53.5 Å². The molecule has 0 radical (unpaired) electrons. The number of fused-ring (bicyclic) bond motifs is 12. The number of hydrogen-bond acceptors (Lipinski definition) is 13. The average molecular weight is 1120 g/mol. The van der Waals surface area contributed by atoms with Crippen LogP contribution in [0.5, 0.6) is 0 Å². The number of allylic oxidation sites excluding steroid dienone is 2. The van der Waals surface area contributed by atoms with Crippen LogP contribution in [0.4, 0.5) is 0 Å². The zero-order chi connectivity index (χ0) is 59.2. The summed E-state index contributed by atoms with van der Waals surface area (Å²) in [6.07, 6.45) is 15.9. The van der Waals surface area contributed by atoms with Gasteiger partial charge in [-0.2, -0.15) is 0 Å². The van der Waals surface area contributed by atoms with Gasteiger partial charge in [0.05, 0.1) is 24.2 Å². The molecule has 81 heavy (non-hydrogen) atoms. The molecule has 15 nitrogen and oxygen atoms in total. The minimum Gasteiger partial charge on any atom is -0.465 e. The highest BCUT2D eigenvalue weighted by Gasteiger charge is 2.88. The van der Waals surface area contributed by atoms with E-state index in [0.29, 0.717) is 67.3 Å². The topological polar surface area (TPSA) is 218 Å². The van der Waals surface area contributed by atoms with E-state index in [9.17, 15) is 48.9 Å². The standard InChI is InChI=1S/C66H94N2O13/c1-38-32-48-64(77,53(38)74)35-42(37-69)33-44-51-58(7,8)66(51,54(80-41(4)70)40(3)65(44,48)78)81-50(73)18-14-15-28-67-30-21-49(72)68(56(67)76)29-16-17-31-79-55(75)60(10)25-24-59(9)26-27-62(12)43(45(59)36-60)34-46(71)52-61(11)22-19-39(2)57(5,6)47(61)20-23-63(52,62)13/h21,30,32-34,39-40,44-45,47-48,51-52,54,69,77-78H,14-20,22-29,31,35-37H2,1-13H3/t39-,40+,44-,45-,47-,48+,51+,52+,54+,59+,60-,61-,62+,63+,64+,65+,66+/m0/s1. The highest BCUT2D eigenvalue weighted by atomic mass is 16.6. The van der Waals surface area contributed by atoms with Crippen molar-refractivity contribution in [3.63, 3.8) is 0 Å². The molecule has 9 aliphatic rings. The van der Waals surface area contributed by atoms with Crippen LogP contribution in [0.25, 0.3) is 0 Å². The SMILES string of the molecule is CC(=O)O[C@@H]1[C@@H](C)[C@@]2(O)[C@@H](C=C(CO)C[C@]3(O)C(=O)C(C)=C[C@@H]23)[C@@H]2C(C)(C)[C@]12OC(=O)CCCCn1ccc(=O)n(CCCCOC(=O)[C@@]2(C)CC[C@]3(C)CC[C@]4(C)C(=CC(=O)[C@@H]5[C@@]6(C)CC[C@H](C)C(C)(C)[C@@H]6CC[C@]54C)[C@@H]3C2)c1=O. The number of nitrogens with zero attached hydrogens (tertiary/aromatic N) is 2. The minimum absolute atomic E-state index is 0.00606. The third-order valence-corrected chi connectivity index (χ3v) is 25.3. The highest BCUT2D eigenvalue weighted by molar-refractivity contribution is 6.05. The van der Waals surface area contributed by atoms with Crippen molar-refractivity contribution >= 4 is 29.5 Å². The number of aliphatic hydroxyl groups is 3. The number of esters is 3. The predicted octanol–water partition coefficient (Wildman–Crippen LogP) is 9.19. The molecule has 446 valence electrons. The number of aliphatic hydroxyl groups excluding tert-OH is 1. The van der Waals surface area contributed by atoms with E-state index >= 15 is 0 Å². The van der Waals surface area contributed by atoms with Gasteiger partial charge >= 0.3 is 23.6 Å². The Bertz CT molecular complexity index is 3020. The van der Waals surface area contributed by atoms with Gasteiger partial charge in [0, 0.05) is 80.1 Å². The number of carbonyl (C=O) groups excluding carboxylic acids is 5. The van der Waals surface area contributed by atoms with E-state index in [1.54, 1.807) is 26.0 Å². The summed E-state index contributed by atoms with van der Waals surface area (Å²) < 4.78 is 21.1. The molecule has 0 aromatic carbocycles. The fourth-order valence-corrected chi connectivity index (χ4v) is 20.0. The maximum atomic E-state index is 14.9. The maximum Gasteiger partial charge on any atom is 0.330 e. The van der Waals surface area contributed by atoms with Gasteiger partial charge in [-0.15, -0.1) is 0 Å². The number of hydrogen-bond donors (Lipinski definition) is 3. The van der Waals surface area contributed by atoms with Gasteiger partial charge in [-0.25, -0.2) is 4.79 Å². The lowest BCUT2D eigenvalue weighted by molar-refractivity contribution is -0.228. The summed E-state index contributed by atoms with van der Waals surface area (Å²) in [4.78, 5) is 96.0. The van der Waals surface area contributed by atoms with Gasteiger partial charge in [-0.05, 0) is 159 Å². The first-order chi connectivity index (χ1) is 37.7. The number of aromatic nitrogens is 2. The van der Waals surface area contributed by atoms with Gasteiger partial charge in [0.2, 0.25) is 0 Å². The molecule has 15 heteroatoms. The van der Waals surface area contributed by atoms with Crippen molar-refractivity contribution in [2.75, 3.05) is 13.2 Å². The molecule has 0 saturated heterocycles. The second-order valence-electron chi connectivity index (χ2n) is 30.0. The summed E-state index contributed by atoms with van der Waals surface area (Å²) in [6, 6.07) is 1.35. The number of aryl methyl sites for hydroxylation is 1. The van der Waals surface area contributed by atoms with Crippen LogP contribution in [0.15, 0.2) is 56.8 Å². The van der Waals surface area contributed by atoms with Gasteiger partial charge in [0.15, 0.2) is 17.2 Å². The largest absolute Gasteiger partial charge is 0.465 e. The molecular formula is C66H94N2O13. The van der Waals surface area contributed by atoms with Crippen molar-refractivity contribution in [1.29, 1.82) is 0 Å². The Balaban J connectivity index is 0.742. The zero-order valence-electron chi connectivity index (χ0n) is 50.8. The third-order valence-electron chi connectivity index (χ3n) is 25.3. The van der Waals surface area contributed by atoms with Crippen LogP contribution in [-0.4, -0.2) is 90.0 Å². The average Bonchev–Trinajstić information content (AvgIpc) is 4.08. The Kier molecular flexibility index (Phi) is 14.6. The lowest BCUT2D eigenvalue weighted by atomic mass is 9.33. The Hall–Kier alpha value is -4.47. The highest BCUT2D eigenvalue weighted by Crippen LogP contribution is 2.78. The molecule has 0 bridgehead atoms. The van der Waals surface area contributed by atoms with Gasteiger partial charge in [-0.3, -0.25) is 33.3 Å². The molecule has 6 fully saturated rings. The quantitative estimate of drug-likeness (QED) is 0.0686. The molecular weight excluding hydrogens is 1030 g/mol. The molecule has 0 aliphatic heterocycles. The molecule has 0 amide bonds. The van der Waals surface area contributed by atoms with Crippen molar-refractivity contribution in [2.45, 2.75) is 222 Å². The summed E-state index contributed by atoms with van der Waals surface area (Å²) >= 11 is 0. The van der Waals surface area contributed by atoms with Crippen LogP contribution in [0.2, 0.25) is 0 Å². The maximum absolute atomic E-state index is 14.9.